The number of aliphatic hydroxyl groups excluding tert-OH is 10. The van der Waals surface area contributed by atoms with Crippen LogP contribution in [0.5, 0.6) is 28.7 Å². The Balaban J connectivity index is 1.10. The first-order chi connectivity index (χ1) is 36.7. The van der Waals surface area contributed by atoms with E-state index in [1.807, 2.05) is 0 Å². The van der Waals surface area contributed by atoms with Crippen LogP contribution in [-0.4, -0.2) is 211 Å². The quantitative estimate of drug-likeness (QED) is 0.0321. The van der Waals surface area contributed by atoms with E-state index in [9.17, 15) is 86.2 Å². The number of carbonyl (C=O) groups is 2. The fourth-order valence-electron chi connectivity index (χ4n) is 8.43. The van der Waals surface area contributed by atoms with Crippen LogP contribution in [0.4, 0.5) is 0 Å². The number of fused-ring (bicyclic) bond motifs is 1. The minimum absolute atomic E-state index is 0.0427. The van der Waals surface area contributed by atoms with Gasteiger partial charge in [0, 0.05) is 24.3 Å². The Hall–Kier alpha value is -7.28. The molecule has 0 spiro atoms. The first-order valence-corrected chi connectivity index (χ1v) is 23.5. The highest BCUT2D eigenvalue weighted by atomic mass is 16.8. The maximum Gasteiger partial charge on any atom is 0.330 e. The van der Waals surface area contributed by atoms with Crippen molar-refractivity contribution < 1.29 is 129 Å². The molecule has 414 valence electrons. The van der Waals surface area contributed by atoms with Gasteiger partial charge >= 0.3 is 17.7 Å². The van der Waals surface area contributed by atoms with E-state index in [4.69, 9.17) is 42.6 Å². The summed E-state index contributed by atoms with van der Waals surface area (Å²) in [5.41, 5.74) is 0.864. The minimum atomic E-state index is -2.13. The number of aliphatic hydroxyl groups is 12. The maximum absolute atomic E-state index is 12.9. The molecule has 0 bridgehead atoms. The van der Waals surface area contributed by atoms with Gasteiger partial charge in [-0.3, -0.25) is 0 Å². The maximum atomic E-state index is 12.9. The molecule has 4 heterocycles. The summed E-state index contributed by atoms with van der Waals surface area (Å²) >= 11 is 0. The summed E-state index contributed by atoms with van der Waals surface area (Å²) < 4.78 is 51.2. The van der Waals surface area contributed by atoms with Crippen LogP contribution in [0.1, 0.15) is 16.7 Å². The van der Waals surface area contributed by atoms with Crippen LogP contribution in [0, 0.1) is 0 Å². The van der Waals surface area contributed by atoms with Crippen LogP contribution in [0.15, 0.2) is 114 Å². The van der Waals surface area contributed by atoms with Crippen molar-refractivity contribution in [3.05, 3.63) is 131 Å². The van der Waals surface area contributed by atoms with E-state index in [-0.39, 0.29) is 45.3 Å². The summed E-state index contributed by atoms with van der Waals surface area (Å²) in [5, 5.41) is 158. The number of phenolic OH excluding ortho intramolecular Hbond substituents is 5. The Morgan fingerprint density at radius 1 is 0.558 bits per heavy atom. The van der Waals surface area contributed by atoms with E-state index in [2.05, 4.69) is 0 Å². The van der Waals surface area contributed by atoms with Gasteiger partial charge in [0.1, 0.15) is 97.6 Å². The van der Waals surface area contributed by atoms with E-state index in [0.29, 0.717) is 0 Å². The molecular formula is C51H55O26+. The molecule has 1 aliphatic carbocycles. The smallest absolute Gasteiger partial charge is 0.330 e. The lowest BCUT2D eigenvalue weighted by Crippen LogP contribution is -2.64. The van der Waals surface area contributed by atoms with E-state index < -0.39 is 159 Å². The van der Waals surface area contributed by atoms with Crippen molar-refractivity contribution in [3.8, 4) is 28.7 Å². The highest BCUT2D eigenvalue weighted by Gasteiger charge is 2.53. The third kappa shape index (κ3) is 12.8. The molecule has 8 rings (SSSR count). The zero-order valence-corrected chi connectivity index (χ0v) is 39.9. The molecule has 0 radical (unpaired) electrons. The number of allylic oxidation sites excluding steroid dienone is 2. The van der Waals surface area contributed by atoms with Crippen molar-refractivity contribution in [2.24, 2.45) is 0 Å². The van der Waals surface area contributed by atoms with Gasteiger partial charge in [-0.15, -0.1) is 0 Å². The summed E-state index contributed by atoms with van der Waals surface area (Å²) in [7, 11) is 0. The van der Waals surface area contributed by atoms with Gasteiger partial charge in [0.25, 0.3) is 0 Å². The Kier molecular flexibility index (Phi) is 17.4. The zero-order valence-electron chi connectivity index (χ0n) is 39.9. The van der Waals surface area contributed by atoms with Crippen molar-refractivity contribution in [3.63, 3.8) is 0 Å². The van der Waals surface area contributed by atoms with E-state index >= 15 is 0 Å². The summed E-state index contributed by atoms with van der Waals surface area (Å²) in [6.07, 6.45) is -21.4. The number of rotatable bonds is 16. The SMILES string of the molecule is O=C(/C=C/c1ccc(O)c(O)c1)OC[C@H]1O[C@@H](O[C@H]2[C@H](OC3=C(c4ccc(O)cc4)[OH+]C4C=C(O)C=C(O[C@@H]5O[C@H](CO)[C@@H](O)[C@H](O)[C@H]5O)C4=C3)O[C@H](COC(=O)/C=C/c3ccc(O)c(O)c3)[C@@H](O)[C@@H]2O)[C@H](O)[C@@H](O)[C@@H]1O. The fraction of sp³-hybridized carbons (Fsp3) is 0.373. The molecule has 1 unspecified atom stereocenters. The summed E-state index contributed by atoms with van der Waals surface area (Å²) in [6.45, 7) is -2.37. The van der Waals surface area contributed by atoms with Gasteiger partial charge in [0.2, 0.25) is 24.4 Å². The molecule has 0 amide bonds. The molecule has 16 atom stereocenters. The molecule has 3 aromatic carbocycles. The van der Waals surface area contributed by atoms with Crippen LogP contribution in [0.2, 0.25) is 0 Å². The standard InChI is InChI=1S/C51H54O26/c52-18-34-39(61)42(64)45(67)49(74-34)72-32-16-25(54)15-31-26(32)17-33(47(71-31)23-5-7-24(53)8-6-23)73-51-48(44(66)41(63)36(76-51)20-70-38(60)12-4-22-2-10-28(56)30(58)14-22)77-50-46(68)43(65)40(62)35(75-50)19-69-37(59)11-3-21-1-9-27(55)29(57)13-21/h1-17,31,34-36,39-46,48-58,61-68H,18-20H2/p+1/b11-3+,12-4+/t31?,34-,35-,36-,39-,40-,41-,42+,43+,44+,45-,46-,48-,49-,50+,51-/m1/s1. The molecule has 77 heavy (non-hydrogen) atoms. The molecule has 3 aromatic rings. The average Bonchev–Trinajstić information content (AvgIpc) is 3.42. The molecule has 4 aliphatic heterocycles. The second-order valence-corrected chi connectivity index (χ2v) is 18.0. The van der Waals surface area contributed by atoms with Crippen LogP contribution in [0.3, 0.4) is 0 Å². The predicted octanol–water partition coefficient (Wildman–Crippen LogP) is -1.95. The second kappa shape index (κ2) is 23.9. The third-order valence-corrected chi connectivity index (χ3v) is 12.7. The molecule has 26 nitrogen and oxygen atoms in total. The summed E-state index contributed by atoms with van der Waals surface area (Å²) in [6, 6.07) is 12.9. The number of aromatic hydroxyl groups is 5. The average molecular weight is 1080 g/mol. The Bertz CT molecular complexity index is 2800. The number of carbonyl (C=O) groups excluding carboxylic acids is 2. The lowest BCUT2D eigenvalue weighted by Gasteiger charge is -2.46. The van der Waals surface area contributed by atoms with E-state index in [1.54, 1.807) is 0 Å². The van der Waals surface area contributed by atoms with E-state index in [0.717, 1.165) is 30.4 Å². The highest BCUT2D eigenvalue weighted by molar-refractivity contribution is 5.87. The molecule has 0 saturated carbocycles. The minimum Gasteiger partial charge on any atom is -0.571 e. The van der Waals surface area contributed by atoms with Gasteiger partial charge in [-0.25, -0.2) is 9.59 Å². The van der Waals surface area contributed by atoms with Crippen LogP contribution >= 0.6 is 0 Å². The van der Waals surface area contributed by atoms with Crippen molar-refractivity contribution in [1.29, 1.82) is 0 Å². The van der Waals surface area contributed by atoms with Gasteiger partial charge in [0.15, 0.2) is 35.4 Å². The van der Waals surface area contributed by atoms with Crippen molar-refractivity contribution in [2.45, 2.75) is 98.2 Å². The number of phenols is 5. The van der Waals surface area contributed by atoms with Gasteiger partial charge in [-0.1, -0.05) is 12.1 Å². The van der Waals surface area contributed by atoms with Gasteiger partial charge in [-0.05, 0) is 71.8 Å². The third-order valence-electron chi connectivity index (χ3n) is 12.7. The first-order valence-electron chi connectivity index (χ1n) is 23.5. The number of hydrogen-bond donors (Lipinski definition) is 15. The molecule has 0 aromatic heterocycles. The molecule has 5 aliphatic rings. The van der Waals surface area contributed by atoms with E-state index in [1.165, 1.54) is 72.8 Å². The molecule has 3 fully saturated rings. The second-order valence-electron chi connectivity index (χ2n) is 18.0. The summed E-state index contributed by atoms with van der Waals surface area (Å²) in [4.78, 5) is 25.7. The Morgan fingerprint density at radius 3 is 1.64 bits per heavy atom. The lowest BCUT2D eigenvalue weighted by atomic mass is 9.96. The van der Waals surface area contributed by atoms with Crippen molar-refractivity contribution in [1.82, 2.24) is 0 Å². The van der Waals surface area contributed by atoms with Gasteiger partial charge < -0.3 is 119 Å². The normalized spacial score (nSPS) is 32.4. The summed E-state index contributed by atoms with van der Waals surface area (Å²) in [5.74, 6) is -4.93. The molecule has 16 N–H and O–H groups in total. The first kappa shape index (κ1) is 55.9. The van der Waals surface area contributed by atoms with Crippen molar-refractivity contribution in [2.75, 3.05) is 19.8 Å². The topological polar surface area (TPSA) is 424 Å². The Morgan fingerprint density at radius 2 is 1.08 bits per heavy atom. The largest absolute Gasteiger partial charge is 0.571 e. The number of esters is 2. The highest BCUT2D eigenvalue weighted by Crippen LogP contribution is 2.40. The van der Waals surface area contributed by atoms with Crippen LogP contribution < -0.4 is 0 Å². The molecular weight excluding hydrogens is 1030 g/mol. The number of benzene rings is 3. The fourth-order valence-corrected chi connectivity index (χ4v) is 8.43. The molecule has 3 saturated heterocycles. The lowest BCUT2D eigenvalue weighted by molar-refractivity contribution is -0.363. The number of ether oxygens (including phenoxy) is 9. The monoisotopic (exact) mass is 1080 g/mol. The predicted molar refractivity (Wildman–Crippen MR) is 256 cm³/mol. The Labute approximate surface area is 435 Å². The van der Waals surface area contributed by atoms with Gasteiger partial charge in [-0.2, -0.15) is 0 Å². The number of hydrogen-bond acceptors (Lipinski definition) is 25. The zero-order chi connectivity index (χ0) is 55.4. The van der Waals surface area contributed by atoms with Crippen LogP contribution in [0.25, 0.3) is 17.9 Å². The van der Waals surface area contributed by atoms with Crippen molar-refractivity contribution >= 4 is 29.8 Å². The molecule has 26 heteroatoms. The van der Waals surface area contributed by atoms with Crippen LogP contribution in [-0.2, 0) is 47.5 Å². The van der Waals surface area contributed by atoms with Gasteiger partial charge in [0.05, 0.1) is 23.8 Å².